The molecule has 3 aromatic carbocycles. The first-order chi connectivity index (χ1) is 15.4. The number of para-hydroxylation sites is 1. The van der Waals surface area contributed by atoms with Crippen LogP contribution >= 0.6 is 0 Å². The Morgan fingerprint density at radius 2 is 1.53 bits per heavy atom. The summed E-state index contributed by atoms with van der Waals surface area (Å²) in [6, 6.07) is 24.3. The molecular weight excluding hydrogens is 415 g/mol. The summed E-state index contributed by atoms with van der Waals surface area (Å²) in [6.45, 7) is 0.965. The van der Waals surface area contributed by atoms with Gasteiger partial charge in [0.05, 0.1) is 23.5 Å². The maximum absolute atomic E-state index is 12.8. The lowest BCUT2D eigenvalue weighted by atomic mass is 10.1. The number of ether oxygens (including phenoxy) is 1. The molecule has 1 aromatic heterocycles. The number of halogens is 3. The summed E-state index contributed by atoms with van der Waals surface area (Å²) in [7, 11) is 1.84. The summed E-state index contributed by atoms with van der Waals surface area (Å²) < 4.78 is 46.1. The topological polar surface area (TPSA) is 39.1 Å². The number of aromatic nitrogens is 2. The van der Waals surface area contributed by atoms with Crippen molar-refractivity contribution in [3.05, 3.63) is 102 Å². The van der Waals surface area contributed by atoms with Crippen LogP contribution in [-0.2, 0) is 19.3 Å². The maximum Gasteiger partial charge on any atom is 0.416 e. The molecule has 164 valence electrons. The number of rotatable bonds is 7. The maximum atomic E-state index is 12.8. The number of alkyl halides is 3. The van der Waals surface area contributed by atoms with Crippen LogP contribution in [0, 0.1) is 0 Å². The van der Waals surface area contributed by atoms with Crippen molar-refractivity contribution in [3.8, 4) is 22.8 Å². The Bertz CT molecular complexity index is 1150. The number of hydrogen-bond donors (Lipinski definition) is 1. The van der Waals surface area contributed by atoms with E-state index in [2.05, 4.69) is 5.32 Å². The molecule has 32 heavy (non-hydrogen) atoms. The van der Waals surface area contributed by atoms with Gasteiger partial charge < -0.3 is 10.1 Å². The number of nitrogens with zero attached hydrogens (tertiary/aromatic N) is 2. The van der Waals surface area contributed by atoms with Crippen molar-refractivity contribution < 1.29 is 17.9 Å². The molecule has 0 radical (unpaired) electrons. The van der Waals surface area contributed by atoms with Gasteiger partial charge in [0.2, 0.25) is 0 Å². The first kappa shape index (κ1) is 21.6. The van der Waals surface area contributed by atoms with Crippen LogP contribution in [0.4, 0.5) is 13.2 Å². The van der Waals surface area contributed by atoms with Crippen molar-refractivity contribution >= 4 is 0 Å². The van der Waals surface area contributed by atoms with Gasteiger partial charge in [0, 0.05) is 12.1 Å². The number of hydrogen-bond acceptors (Lipinski definition) is 3. The van der Waals surface area contributed by atoms with Gasteiger partial charge in [-0.3, -0.25) is 4.68 Å². The summed E-state index contributed by atoms with van der Waals surface area (Å²) in [5.74, 6) is 1.48. The predicted octanol–water partition coefficient (Wildman–Crippen LogP) is 6.13. The first-order valence-electron chi connectivity index (χ1n) is 10.1. The fourth-order valence-electron chi connectivity index (χ4n) is 3.35. The average molecular weight is 437 g/mol. The standard InChI is InChI=1S/C25H22F3N3O/c1-29-16-21-15-24(19-9-13-23(14-10-19)32-22-5-3-2-4-6-22)30-31(21)17-18-7-11-20(12-8-18)25(26,27)28/h2-15,29H,16-17H2,1H3. The quantitative estimate of drug-likeness (QED) is 0.378. The van der Waals surface area contributed by atoms with Gasteiger partial charge in [0.1, 0.15) is 11.5 Å². The molecule has 1 N–H and O–H groups in total. The average Bonchev–Trinajstić information content (AvgIpc) is 3.17. The third-order valence-electron chi connectivity index (χ3n) is 4.96. The van der Waals surface area contributed by atoms with E-state index in [9.17, 15) is 13.2 Å². The Hall–Kier alpha value is -3.58. The zero-order valence-corrected chi connectivity index (χ0v) is 17.4. The van der Waals surface area contributed by atoms with E-state index in [0.717, 1.165) is 46.1 Å². The van der Waals surface area contributed by atoms with E-state index in [4.69, 9.17) is 9.84 Å². The molecule has 7 heteroatoms. The lowest BCUT2D eigenvalue weighted by Gasteiger charge is -2.10. The van der Waals surface area contributed by atoms with Gasteiger partial charge in [-0.15, -0.1) is 0 Å². The van der Waals surface area contributed by atoms with Crippen molar-refractivity contribution in [1.29, 1.82) is 0 Å². The van der Waals surface area contributed by atoms with E-state index in [1.165, 1.54) is 12.1 Å². The molecule has 0 bridgehead atoms. The third-order valence-corrected chi connectivity index (χ3v) is 4.96. The van der Waals surface area contributed by atoms with Gasteiger partial charge in [-0.2, -0.15) is 18.3 Å². The molecule has 4 aromatic rings. The van der Waals surface area contributed by atoms with Crippen molar-refractivity contribution in [2.24, 2.45) is 0 Å². The second-order valence-electron chi connectivity index (χ2n) is 7.34. The molecule has 0 atom stereocenters. The summed E-state index contributed by atoms with van der Waals surface area (Å²) >= 11 is 0. The Morgan fingerprint density at radius 3 is 2.16 bits per heavy atom. The molecule has 0 aliphatic carbocycles. The predicted molar refractivity (Wildman–Crippen MR) is 117 cm³/mol. The summed E-state index contributed by atoms with van der Waals surface area (Å²) in [4.78, 5) is 0. The fourth-order valence-corrected chi connectivity index (χ4v) is 3.35. The van der Waals surface area contributed by atoms with Gasteiger partial charge in [-0.05, 0) is 67.2 Å². The summed E-state index contributed by atoms with van der Waals surface area (Å²) in [5.41, 5.74) is 2.74. The largest absolute Gasteiger partial charge is 0.457 e. The smallest absolute Gasteiger partial charge is 0.416 e. The van der Waals surface area contributed by atoms with E-state index in [-0.39, 0.29) is 0 Å². The molecule has 4 rings (SSSR count). The molecule has 0 unspecified atom stereocenters. The molecule has 0 saturated heterocycles. The molecule has 0 fully saturated rings. The summed E-state index contributed by atoms with van der Waals surface area (Å²) in [5, 5.41) is 7.80. The highest BCUT2D eigenvalue weighted by atomic mass is 19.4. The lowest BCUT2D eigenvalue weighted by molar-refractivity contribution is -0.137. The Labute approximate surface area is 184 Å². The minimum atomic E-state index is -4.34. The molecular formula is C25H22F3N3O. The summed E-state index contributed by atoms with van der Waals surface area (Å²) in [6.07, 6.45) is -4.34. The fraction of sp³-hybridized carbons (Fsp3) is 0.160. The molecule has 0 amide bonds. The van der Waals surface area contributed by atoms with Crippen molar-refractivity contribution in [1.82, 2.24) is 15.1 Å². The van der Waals surface area contributed by atoms with Crippen LogP contribution in [0.2, 0.25) is 0 Å². The highest BCUT2D eigenvalue weighted by Crippen LogP contribution is 2.30. The van der Waals surface area contributed by atoms with Gasteiger partial charge in [-0.25, -0.2) is 0 Å². The number of benzene rings is 3. The van der Waals surface area contributed by atoms with Crippen LogP contribution in [0.25, 0.3) is 11.3 Å². The third kappa shape index (κ3) is 5.18. The SMILES string of the molecule is CNCc1cc(-c2ccc(Oc3ccccc3)cc2)nn1Cc1ccc(C(F)(F)F)cc1. The Balaban J connectivity index is 1.53. The number of nitrogens with one attached hydrogen (secondary N) is 1. The van der Waals surface area contributed by atoms with E-state index in [1.54, 1.807) is 0 Å². The second-order valence-corrected chi connectivity index (χ2v) is 7.34. The second kappa shape index (κ2) is 9.28. The minimum Gasteiger partial charge on any atom is -0.457 e. The van der Waals surface area contributed by atoms with Crippen molar-refractivity contribution in [2.75, 3.05) is 7.05 Å². The van der Waals surface area contributed by atoms with Crippen LogP contribution in [0.3, 0.4) is 0 Å². The first-order valence-corrected chi connectivity index (χ1v) is 10.1. The van der Waals surface area contributed by atoms with Crippen LogP contribution in [0.15, 0.2) is 84.9 Å². The molecule has 0 aliphatic rings. The Morgan fingerprint density at radius 1 is 0.875 bits per heavy atom. The van der Waals surface area contributed by atoms with Gasteiger partial charge in [-0.1, -0.05) is 30.3 Å². The monoisotopic (exact) mass is 437 g/mol. The zero-order chi connectivity index (χ0) is 22.6. The van der Waals surface area contributed by atoms with E-state index in [1.807, 2.05) is 72.4 Å². The van der Waals surface area contributed by atoms with Gasteiger partial charge >= 0.3 is 6.18 Å². The van der Waals surface area contributed by atoms with Crippen LogP contribution in [0.5, 0.6) is 11.5 Å². The van der Waals surface area contributed by atoms with Crippen LogP contribution in [0.1, 0.15) is 16.8 Å². The molecule has 0 spiro atoms. The van der Waals surface area contributed by atoms with Crippen LogP contribution < -0.4 is 10.1 Å². The lowest BCUT2D eigenvalue weighted by Crippen LogP contribution is -2.13. The van der Waals surface area contributed by atoms with Crippen LogP contribution in [-0.4, -0.2) is 16.8 Å². The van der Waals surface area contributed by atoms with Crippen molar-refractivity contribution in [2.45, 2.75) is 19.3 Å². The van der Waals surface area contributed by atoms with Gasteiger partial charge in [0.15, 0.2) is 0 Å². The normalized spacial score (nSPS) is 11.5. The van der Waals surface area contributed by atoms with Crippen molar-refractivity contribution in [3.63, 3.8) is 0 Å². The molecule has 4 nitrogen and oxygen atoms in total. The molecule has 0 aliphatic heterocycles. The van der Waals surface area contributed by atoms with E-state index in [0.29, 0.717) is 13.1 Å². The Kier molecular flexibility index (Phi) is 6.28. The van der Waals surface area contributed by atoms with E-state index < -0.39 is 11.7 Å². The van der Waals surface area contributed by atoms with Gasteiger partial charge in [0.25, 0.3) is 0 Å². The highest BCUT2D eigenvalue weighted by Gasteiger charge is 2.29. The molecule has 1 heterocycles. The van der Waals surface area contributed by atoms with E-state index >= 15 is 0 Å². The molecule has 0 saturated carbocycles. The highest BCUT2D eigenvalue weighted by molar-refractivity contribution is 5.60. The zero-order valence-electron chi connectivity index (χ0n) is 17.4. The minimum absolute atomic E-state index is 0.379.